The van der Waals surface area contributed by atoms with Gasteiger partial charge < -0.3 is 9.47 Å². The third-order valence-corrected chi connectivity index (χ3v) is 6.39. The number of aromatic nitrogens is 1. The second kappa shape index (κ2) is 9.30. The van der Waals surface area contributed by atoms with Crippen LogP contribution in [0.4, 0.5) is 5.69 Å². The number of esters is 1. The normalized spacial score (nSPS) is 11.2. The number of hydrogen-bond acceptors (Lipinski definition) is 6. The van der Waals surface area contributed by atoms with Gasteiger partial charge in [0.2, 0.25) is 0 Å². The van der Waals surface area contributed by atoms with Crippen molar-refractivity contribution in [1.29, 1.82) is 0 Å². The Bertz CT molecular complexity index is 1400. The maximum atomic E-state index is 12.7. The molecule has 33 heavy (non-hydrogen) atoms. The van der Waals surface area contributed by atoms with Crippen molar-refractivity contribution in [3.8, 4) is 17.0 Å². The minimum absolute atomic E-state index is 0.153. The number of ether oxygens (including phenoxy) is 2. The maximum absolute atomic E-state index is 12.7. The monoisotopic (exact) mass is 462 g/mol. The molecule has 0 bridgehead atoms. The standard InChI is InChI=1S/C25H22N2O5S/c1-17-8-10-18(11-9-17)23-15-24(32-16-25(28)31-2)21-14-19(12-13-22(21)26-23)27-33(29,30)20-6-4-3-5-7-20/h3-15,27H,16H2,1-2H3. The third kappa shape index (κ3) is 5.12. The second-order valence-corrected chi connectivity index (χ2v) is 9.07. The van der Waals surface area contributed by atoms with E-state index in [2.05, 4.69) is 9.46 Å². The van der Waals surface area contributed by atoms with Gasteiger partial charge >= 0.3 is 5.97 Å². The molecule has 0 radical (unpaired) electrons. The number of benzene rings is 3. The molecule has 1 aromatic heterocycles. The number of nitrogens with zero attached hydrogens (tertiary/aromatic N) is 1. The Morgan fingerprint density at radius 1 is 0.970 bits per heavy atom. The predicted molar refractivity (Wildman–Crippen MR) is 127 cm³/mol. The van der Waals surface area contributed by atoms with Crippen molar-refractivity contribution in [3.05, 3.63) is 84.4 Å². The summed E-state index contributed by atoms with van der Waals surface area (Å²) in [5, 5.41) is 0.558. The van der Waals surface area contributed by atoms with Crippen LogP contribution in [0.3, 0.4) is 0 Å². The first-order valence-corrected chi connectivity index (χ1v) is 11.6. The van der Waals surface area contributed by atoms with Crippen LogP contribution in [0.15, 0.2) is 83.8 Å². The van der Waals surface area contributed by atoms with E-state index in [9.17, 15) is 13.2 Å². The first-order valence-electron chi connectivity index (χ1n) is 10.1. The Morgan fingerprint density at radius 2 is 1.70 bits per heavy atom. The number of anilines is 1. The van der Waals surface area contributed by atoms with Gasteiger partial charge in [-0.15, -0.1) is 0 Å². The summed E-state index contributed by atoms with van der Waals surface area (Å²) in [5.74, 6) is -0.139. The molecule has 1 N–H and O–H groups in total. The van der Waals surface area contributed by atoms with E-state index in [0.717, 1.165) is 11.1 Å². The van der Waals surface area contributed by atoms with E-state index >= 15 is 0 Å². The summed E-state index contributed by atoms with van der Waals surface area (Å²) >= 11 is 0. The van der Waals surface area contributed by atoms with Gasteiger partial charge in [-0.3, -0.25) is 4.72 Å². The van der Waals surface area contributed by atoms with E-state index < -0.39 is 16.0 Å². The van der Waals surface area contributed by atoms with Crippen LogP contribution in [-0.2, 0) is 19.6 Å². The summed E-state index contributed by atoms with van der Waals surface area (Å²) < 4.78 is 38.4. The average molecular weight is 463 g/mol. The quantitative estimate of drug-likeness (QED) is 0.405. The van der Waals surface area contributed by atoms with Gasteiger partial charge in [-0.05, 0) is 37.3 Å². The third-order valence-electron chi connectivity index (χ3n) is 5.00. The molecule has 0 fully saturated rings. The van der Waals surface area contributed by atoms with Crippen LogP contribution in [0.1, 0.15) is 5.56 Å². The summed E-state index contributed by atoms with van der Waals surface area (Å²) in [6.45, 7) is 1.71. The van der Waals surface area contributed by atoms with Gasteiger partial charge in [0.1, 0.15) is 5.75 Å². The fourth-order valence-corrected chi connectivity index (χ4v) is 4.33. The van der Waals surface area contributed by atoms with Crippen LogP contribution in [0.25, 0.3) is 22.2 Å². The first-order chi connectivity index (χ1) is 15.9. The number of rotatable bonds is 7. The second-order valence-electron chi connectivity index (χ2n) is 7.39. The minimum atomic E-state index is -3.77. The molecule has 0 unspecified atom stereocenters. The molecule has 7 nitrogen and oxygen atoms in total. The fourth-order valence-electron chi connectivity index (χ4n) is 3.26. The van der Waals surface area contributed by atoms with E-state index in [4.69, 9.17) is 9.72 Å². The van der Waals surface area contributed by atoms with Gasteiger partial charge in [-0.25, -0.2) is 18.2 Å². The lowest BCUT2D eigenvalue weighted by molar-refractivity contribution is -0.142. The number of pyridine rings is 1. The SMILES string of the molecule is COC(=O)COc1cc(-c2ccc(C)cc2)nc2ccc(NS(=O)(=O)c3ccccc3)cc12. The Hall–Kier alpha value is -3.91. The number of methoxy groups -OCH3 is 1. The highest BCUT2D eigenvalue weighted by Crippen LogP contribution is 2.32. The number of hydrogen-bond donors (Lipinski definition) is 1. The number of carbonyl (C=O) groups excluding carboxylic acids is 1. The smallest absolute Gasteiger partial charge is 0.343 e. The zero-order chi connectivity index (χ0) is 23.4. The molecule has 4 aromatic rings. The molecule has 0 saturated heterocycles. The Kier molecular flexibility index (Phi) is 6.28. The first kappa shape index (κ1) is 22.3. The van der Waals surface area contributed by atoms with Crippen molar-refractivity contribution in [2.24, 2.45) is 0 Å². The molecular weight excluding hydrogens is 440 g/mol. The lowest BCUT2D eigenvalue weighted by atomic mass is 10.1. The largest absolute Gasteiger partial charge is 0.481 e. The summed E-state index contributed by atoms with van der Waals surface area (Å²) in [5.41, 5.74) is 3.62. The zero-order valence-corrected chi connectivity index (χ0v) is 18.9. The lowest BCUT2D eigenvalue weighted by Gasteiger charge is -2.13. The predicted octanol–water partition coefficient (Wildman–Crippen LogP) is 4.56. The van der Waals surface area contributed by atoms with Crippen molar-refractivity contribution in [2.45, 2.75) is 11.8 Å². The number of fused-ring (bicyclic) bond motifs is 1. The highest BCUT2D eigenvalue weighted by atomic mass is 32.2. The van der Waals surface area contributed by atoms with Crippen LogP contribution in [-0.4, -0.2) is 33.1 Å². The molecule has 0 aliphatic rings. The molecule has 4 rings (SSSR count). The van der Waals surface area contributed by atoms with Crippen molar-refractivity contribution in [3.63, 3.8) is 0 Å². The van der Waals surface area contributed by atoms with E-state index in [1.54, 1.807) is 42.5 Å². The molecule has 3 aromatic carbocycles. The molecule has 8 heteroatoms. The fraction of sp³-hybridized carbons (Fsp3) is 0.120. The molecule has 168 valence electrons. The van der Waals surface area contributed by atoms with Crippen LogP contribution < -0.4 is 9.46 Å². The highest BCUT2D eigenvalue weighted by Gasteiger charge is 2.16. The van der Waals surface area contributed by atoms with Crippen molar-refractivity contribution >= 4 is 32.6 Å². The van der Waals surface area contributed by atoms with Crippen LogP contribution >= 0.6 is 0 Å². The molecule has 0 aliphatic heterocycles. The number of sulfonamides is 1. The molecule has 1 heterocycles. The number of carbonyl (C=O) groups is 1. The van der Waals surface area contributed by atoms with Gasteiger partial charge in [-0.2, -0.15) is 0 Å². The molecule has 0 atom stereocenters. The molecule has 0 spiro atoms. The molecule has 0 saturated carbocycles. The van der Waals surface area contributed by atoms with Crippen LogP contribution in [0.5, 0.6) is 5.75 Å². The summed E-state index contributed by atoms with van der Waals surface area (Å²) in [6, 6.07) is 22.7. The van der Waals surface area contributed by atoms with Crippen molar-refractivity contribution in [2.75, 3.05) is 18.4 Å². The number of nitrogens with one attached hydrogen (secondary N) is 1. The van der Waals surface area contributed by atoms with Crippen molar-refractivity contribution < 1.29 is 22.7 Å². The Balaban J connectivity index is 1.76. The van der Waals surface area contributed by atoms with Gasteiger partial charge in [0.05, 0.1) is 23.2 Å². The molecular formula is C25H22N2O5S. The molecule has 0 aliphatic carbocycles. The van der Waals surface area contributed by atoms with E-state index in [1.807, 2.05) is 31.2 Å². The van der Waals surface area contributed by atoms with Crippen LogP contribution in [0.2, 0.25) is 0 Å². The Labute approximate surface area is 192 Å². The van der Waals surface area contributed by atoms with Gasteiger partial charge in [0, 0.05) is 22.7 Å². The van der Waals surface area contributed by atoms with Gasteiger partial charge in [0.25, 0.3) is 10.0 Å². The minimum Gasteiger partial charge on any atom is -0.481 e. The topological polar surface area (TPSA) is 94.6 Å². The summed E-state index contributed by atoms with van der Waals surface area (Å²) in [4.78, 5) is 16.5. The zero-order valence-electron chi connectivity index (χ0n) is 18.1. The van der Waals surface area contributed by atoms with E-state index in [-0.39, 0.29) is 11.5 Å². The Morgan fingerprint density at radius 3 is 2.39 bits per heavy atom. The average Bonchev–Trinajstić information content (AvgIpc) is 2.83. The van der Waals surface area contributed by atoms with Gasteiger partial charge in [0.15, 0.2) is 6.61 Å². The van der Waals surface area contributed by atoms with Gasteiger partial charge in [-0.1, -0.05) is 48.0 Å². The lowest BCUT2D eigenvalue weighted by Crippen LogP contribution is -2.13. The summed E-state index contributed by atoms with van der Waals surface area (Å²) in [7, 11) is -2.48. The maximum Gasteiger partial charge on any atom is 0.343 e. The van der Waals surface area contributed by atoms with E-state index in [0.29, 0.717) is 28.0 Å². The summed E-state index contributed by atoms with van der Waals surface area (Å²) in [6.07, 6.45) is 0. The van der Waals surface area contributed by atoms with Crippen LogP contribution in [0, 0.1) is 6.92 Å². The highest BCUT2D eigenvalue weighted by molar-refractivity contribution is 7.92. The number of aryl methyl sites for hydroxylation is 1. The van der Waals surface area contributed by atoms with E-state index in [1.165, 1.54) is 19.2 Å². The molecule has 0 amide bonds. The van der Waals surface area contributed by atoms with Crippen molar-refractivity contribution in [1.82, 2.24) is 4.98 Å².